The molecule has 17 heavy (non-hydrogen) atoms. The Hall–Kier alpha value is -1.13. The van der Waals surface area contributed by atoms with Crippen LogP contribution in [0.3, 0.4) is 0 Å². The van der Waals surface area contributed by atoms with Gasteiger partial charge in [0.05, 0.1) is 12.8 Å². The van der Waals surface area contributed by atoms with Gasteiger partial charge in [-0.15, -0.1) is 0 Å². The number of rotatable bonds is 8. The Morgan fingerprint density at radius 3 is 2.82 bits per heavy atom. The number of hydrogen-bond acceptors (Lipinski definition) is 4. The number of nitrogens with zero attached hydrogens (tertiary/aromatic N) is 1. The molecule has 4 nitrogen and oxygen atoms in total. The first-order valence-corrected chi connectivity index (χ1v) is 6.05. The summed E-state index contributed by atoms with van der Waals surface area (Å²) in [5.74, 6) is 0.835. The molecule has 0 saturated carbocycles. The van der Waals surface area contributed by atoms with E-state index in [1.165, 1.54) is 0 Å². The molecule has 1 aromatic rings. The molecule has 0 radical (unpaired) electrons. The summed E-state index contributed by atoms with van der Waals surface area (Å²) in [6, 6.07) is 2.30. The van der Waals surface area contributed by atoms with Crippen LogP contribution in [0.15, 0.2) is 18.5 Å². The molecule has 1 rings (SSSR count). The number of nitrogens with one attached hydrogen (secondary N) is 1. The molecule has 0 fully saturated rings. The van der Waals surface area contributed by atoms with Crippen LogP contribution in [0.2, 0.25) is 0 Å². The van der Waals surface area contributed by atoms with Crippen molar-refractivity contribution in [2.45, 2.75) is 25.8 Å². The first kappa shape index (κ1) is 13.9. The second kappa shape index (κ2) is 8.03. The maximum atomic E-state index is 5.57. The van der Waals surface area contributed by atoms with Crippen LogP contribution in [-0.4, -0.2) is 32.4 Å². The molecular formula is C13H22N2O2. The van der Waals surface area contributed by atoms with Crippen LogP contribution in [0.1, 0.15) is 31.4 Å². The highest BCUT2D eigenvalue weighted by molar-refractivity contribution is 5.26. The van der Waals surface area contributed by atoms with Gasteiger partial charge in [0.15, 0.2) is 0 Å². The van der Waals surface area contributed by atoms with E-state index in [9.17, 15) is 0 Å². The number of methoxy groups -OCH3 is 1. The zero-order valence-corrected chi connectivity index (χ0v) is 10.9. The van der Waals surface area contributed by atoms with Gasteiger partial charge in [-0.2, -0.15) is 0 Å². The summed E-state index contributed by atoms with van der Waals surface area (Å²) in [6.07, 6.45) is 5.55. The van der Waals surface area contributed by atoms with Crippen LogP contribution < -0.4 is 10.1 Å². The smallest absolute Gasteiger partial charge is 0.137 e. The number of aromatic nitrogens is 1. The molecule has 4 heteroatoms. The second-order valence-corrected chi connectivity index (χ2v) is 3.93. The van der Waals surface area contributed by atoms with E-state index in [-0.39, 0.29) is 6.04 Å². The highest BCUT2D eigenvalue weighted by Gasteiger charge is 2.10. The minimum atomic E-state index is 0.257. The minimum absolute atomic E-state index is 0.257. The monoisotopic (exact) mass is 238 g/mol. The molecule has 1 atom stereocenters. The molecule has 0 aromatic carbocycles. The molecule has 1 N–H and O–H groups in total. The molecule has 1 aromatic heterocycles. The fourth-order valence-electron chi connectivity index (χ4n) is 1.64. The van der Waals surface area contributed by atoms with Crippen molar-refractivity contribution in [3.05, 3.63) is 24.0 Å². The summed E-state index contributed by atoms with van der Waals surface area (Å²) < 4.78 is 10.7. The van der Waals surface area contributed by atoms with Crippen molar-refractivity contribution >= 4 is 0 Å². The lowest BCUT2D eigenvalue weighted by Crippen LogP contribution is -2.18. The molecule has 0 aliphatic heterocycles. The molecule has 96 valence electrons. The average Bonchev–Trinajstić information content (AvgIpc) is 2.38. The topological polar surface area (TPSA) is 43.4 Å². The second-order valence-electron chi connectivity index (χ2n) is 3.93. The minimum Gasteiger partial charge on any atom is -0.492 e. The first-order valence-electron chi connectivity index (χ1n) is 6.05. The Balaban J connectivity index is 2.66. The van der Waals surface area contributed by atoms with E-state index in [2.05, 4.69) is 17.2 Å². The maximum Gasteiger partial charge on any atom is 0.137 e. The lowest BCUT2D eigenvalue weighted by Gasteiger charge is -2.16. The SMILES string of the molecule is CCCOc1cncc(C(CCOC)NC)c1. The predicted octanol–water partition coefficient (Wildman–Crippen LogP) is 2.17. The van der Waals surface area contributed by atoms with E-state index in [0.29, 0.717) is 0 Å². The predicted molar refractivity (Wildman–Crippen MR) is 68.3 cm³/mol. The zero-order chi connectivity index (χ0) is 12.5. The van der Waals surface area contributed by atoms with E-state index < -0.39 is 0 Å². The lowest BCUT2D eigenvalue weighted by molar-refractivity contribution is 0.184. The van der Waals surface area contributed by atoms with Gasteiger partial charge in [0.1, 0.15) is 5.75 Å². The molecular weight excluding hydrogens is 216 g/mol. The van der Waals surface area contributed by atoms with Gasteiger partial charge in [-0.1, -0.05) is 6.92 Å². The normalized spacial score (nSPS) is 12.4. The van der Waals surface area contributed by atoms with Crippen molar-refractivity contribution in [2.24, 2.45) is 0 Å². The van der Waals surface area contributed by atoms with Crippen LogP contribution in [0.5, 0.6) is 5.75 Å². The Kier molecular flexibility index (Phi) is 6.58. The standard InChI is InChI=1S/C13H22N2O2/c1-4-6-17-12-8-11(9-15-10-12)13(14-2)5-7-16-3/h8-10,13-14H,4-7H2,1-3H3. The third-order valence-corrected chi connectivity index (χ3v) is 2.57. The summed E-state index contributed by atoms with van der Waals surface area (Å²) in [6.45, 7) is 3.55. The number of hydrogen-bond donors (Lipinski definition) is 1. The van der Waals surface area contributed by atoms with Crippen LogP contribution in [0.4, 0.5) is 0 Å². The highest BCUT2D eigenvalue weighted by Crippen LogP contribution is 2.20. The fraction of sp³-hybridized carbons (Fsp3) is 0.615. The van der Waals surface area contributed by atoms with Gasteiger partial charge in [-0.25, -0.2) is 0 Å². The van der Waals surface area contributed by atoms with Crippen molar-refractivity contribution in [2.75, 3.05) is 27.4 Å². The quantitative estimate of drug-likeness (QED) is 0.753. The van der Waals surface area contributed by atoms with Crippen LogP contribution >= 0.6 is 0 Å². The van der Waals surface area contributed by atoms with Crippen LogP contribution in [0, 0.1) is 0 Å². The van der Waals surface area contributed by atoms with Gasteiger partial charge in [-0.3, -0.25) is 4.98 Å². The third kappa shape index (κ3) is 4.71. The molecule has 0 aliphatic carbocycles. The Labute approximate surface area is 103 Å². The van der Waals surface area contributed by atoms with Gasteiger partial charge in [-0.05, 0) is 31.5 Å². The van der Waals surface area contributed by atoms with Gasteiger partial charge in [0.25, 0.3) is 0 Å². The van der Waals surface area contributed by atoms with Crippen LogP contribution in [0.25, 0.3) is 0 Å². The Morgan fingerprint density at radius 2 is 2.18 bits per heavy atom. The Morgan fingerprint density at radius 1 is 1.35 bits per heavy atom. The van der Waals surface area contributed by atoms with Gasteiger partial charge in [0.2, 0.25) is 0 Å². The van der Waals surface area contributed by atoms with E-state index in [0.717, 1.165) is 37.4 Å². The third-order valence-electron chi connectivity index (χ3n) is 2.57. The van der Waals surface area contributed by atoms with E-state index in [1.54, 1.807) is 13.3 Å². The summed E-state index contributed by atoms with van der Waals surface area (Å²) >= 11 is 0. The van der Waals surface area contributed by atoms with Crippen molar-refractivity contribution in [3.63, 3.8) is 0 Å². The Bertz CT molecular complexity index is 318. The van der Waals surface area contributed by atoms with E-state index >= 15 is 0 Å². The maximum absolute atomic E-state index is 5.57. The van der Waals surface area contributed by atoms with Crippen LogP contribution in [-0.2, 0) is 4.74 Å². The average molecular weight is 238 g/mol. The molecule has 0 bridgehead atoms. The van der Waals surface area contributed by atoms with E-state index in [1.807, 2.05) is 19.3 Å². The molecule has 1 unspecified atom stereocenters. The van der Waals surface area contributed by atoms with Crippen molar-refractivity contribution < 1.29 is 9.47 Å². The zero-order valence-electron chi connectivity index (χ0n) is 10.9. The highest BCUT2D eigenvalue weighted by atomic mass is 16.5. The van der Waals surface area contributed by atoms with Crippen molar-refractivity contribution in [1.82, 2.24) is 10.3 Å². The molecule has 0 saturated heterocycles. The fourth-order valence-corrected chi connectivity index (χ4v) is 1.64. The summed E-state index contributed by atoms with van der Waals surface area (Å²) in [5, 5.41) is 3.26. The number of pyridine rings is 1. The molecule has 0 amide bonds. The first-order chi connectivity index (χ1) is 8.31. The largest absolute Gasteiger partial charge is 0.492 e. The summed E-state index contributed by atoms with van der Waals surface area (Å²) in [5.41, 5.74) is 1.14. The lowest BCUT2D eigenvalue weighted by atomic mass is 10.1. The van der Waals surface area contributed by atoms with E-state index in [4.69, 9.17) is 9.47 Å². The van der Waals surface area contributed by atoms with Gasteiger partial charge < -0.3 is 14.8 Å². The molecule has 0 spiro atoms. The van der Waals surface area contributed by atoms with Gasteiger partial charge >= 0.3 is 0 Å². The summed E-state index contributed by atoms with van der Waals surface area (Å²) in [7, 11) is 3.66. The van der Waals surface area contributed by atoms with Crippen molar-refractivity contribution in [3.8, 4) is 5.75 Å². The molecule has 0 aliphatic rings. The number of ether oxygens (including phenoxy) is 2. The summed E-state index contributed by atoms with van der Waals surface area (Å²) in [4.78, 5) is 4.21. The van der Waals surface area contributed by atoms with Gasteiger partial charge in [0, 0.05) is 26.0 Å². The molecule has 1 heterocycles. The van der Waals surface area contributed by atoms with Crippen molar-refractivity contribution in [1.29, 1.82) is 0 Å².